The molecular formula is C14H16FN3O4S. The molecule has 4 N–H and O–H groups in total. The zero-order valence-corrected chi connectivity index (χ0v) is 13.2. The summed E-state index contributed by atoms with van der Waals surface area (Å²) in [6, 6.07) is 2.38. The first-order valence-electron chi connectivity index (χ1n) is 6.82. The normalized spacial score (nSPS) is 17.3. The summed E-state index contributed by atoms with van der Waals surface area (Å²) in [4.78, 5) is 11.3. The van der Waals surface area contributed by atoms with Gasteiger partial charge in [-0.15, -0.1) is 0 Å². The number of benzene rings is 1. The third-order valence-corrected chi connectivity index (χ3v) is 4.59. The Kier molecular flexibility index (Phi) is 4.77. The van der Waals surface area contributed by atoms with Gasteiger partial charge in [0, 0.05) is 5.92 Å². The molecule has 0 bridgehead atoms. The number of nitrogens with zero attached hydrogens (tertiary/aromatic N) is 1. The maximum atomic E-state index is 14.6. The average molecular weight is 341 g/mol. The van der Waals surface area contributed by atoms with Crippen molar-refractivity contribution in [1.29, 1.82) is 0 Å². The minimum Gasteiger partial charge on any atom is -0.506 e. The fraction of sp³-hybridized carbons (Fsp3) is 0.357. The number of anilines is 1. The molecule has 2 rings (SSSR count). The van der Waals surface area contributed by atoms with E-state index in [0.29, 0.717) is 17.3 Å². The van der Waals surface area contributed by atoms with E-state index in [0.717, 1.165) is 6.07 Å². The van der Waals surface area contributed by atoms with Crippen molar-refractivity contribution < 1.29 is 22.7 Å². The number of amides is 1. The van der Waals surface area contributed by atoms with Gasteiger partial charge in [0.05, 0.1) is 5.56 Å². The van der Waals surface area contributed by atoms with E-state index in [1.807, 2.05) is 6.92 Å². The number of nitrogens with two attached hydrogens (primary N) is 1. The fourth-order valence-electron chi connectivity index (χ4n) is 2.06. The Balaban J connectivity index is 2.46. The quantitative estimate of drug-likeness (QED) is 0.673. The number of aromatic hydroxyl groups is 1. The van der Waals surface area contributed by atoms with Crippen LogP contribution in [0.1, 0.15) is 18.9 Å². The van der Waals surface area contributed by atoms with Gasteiger partial charge in [-0.3, -0.25) is 4.79 Å². The molecule has 1 fully saturated rings. The molecule has 9 heteroatoms. The van der Waals surface area contributed by atoms with Crippen LogP contribution in [0.25, 0.3) is 0 Å². The number of rotatable bonds is 3. The molecule has 0 saturated carbocycles. The molecule has 0 radical (unpaired) electrons. The lowest BCUT2D eigenvalue weighted by Gasteiger charge is -2.17. The van der Waals surface area contributed by atoms with Crippen molar-refractivity contribution in [3.8, 4) is 17.6 Å². The zero-order chi connectivity index (χ0) is 17.2. The van der Waals surface area contributed by atoms with Crippen LogP contribution >= 0.6 is 0 Å². The monoisotopic (exact) mass is 341 g/mol. The molecule has 1 aliphatic heterocycles. The summed E-state index contributed by atoms with van der Waals surface area (Å²) in [6.45, 7) is 1.67. The minimum atomic E-state index is -4.22. The highest BCUT2D eigenvalue weighted by Crippen LogP contribution is 2.34. The number of nitrogens with one attached hydrogen (secondary N) is 1. The highest BCUT2D eigenvalue weighted by molar-refractivity contribution is 7.92. The summed E-state index contributed by atoms with van der Waals surface area (Å²) in [7, 11) is -4.22. The van der Waals surface area contributed by atoms with Crippen LogP contribution in [-0.4, -0.2) is 32.5 Å². The van der Waals surface area contributed by atoms with Crippen LogP contribution in [0.2, 0.25) is 0 Å². The number of hydrogen-bond donors (Lipinski definition) is 3. The van der Waals surface area contributed by atoms with Gasteiger partial charge in [0.15, 0.2) is 5.82 Å². The van der Waals surface area contributed by atoms with Crippen LogP contribution in [0.15, 0.2) is 12.1 Å². The van der Waals surface area contributed by atoms with Crippen molar-refractivity contribution in [3.05, 3.63) is 23.5 Å². The van der Waals surface area contributed by atoms with Gasteiger partial charge < -0.3 is 10.8 Å². The van der Waals surface area contributed by atoms with E-state index >= 15 is 0 Å². The minimum absolute atomic E-state index is 0.0598. The van der Waals surface area contributed by atoms with E-state index in [4.69, 9.17) is 5.73 Å². The van der Waals surface area contributed by atoms with Gasteiger partial charge in [-0.2, -0.15) is 8.42 Å². The van der Waals surface area contributed by atoms with Crippen LogP contribution in [-0.2, 0) is 15.0 Å². The molecule has 1 unspecified atom stereocenters. The standard InChI is InChI=1S/C14H16FN3O4S/c1-9(6-7-16)2-3-10-4-5-11(19)14(13(10)15)18-8-12(20)17-23(18,21)22/h4-5,9,19H,6-8,16H2,1H3,(H,17,20). The van der Waals surface area contributed by atoms with Gasteiger partial charge in [0.25, 0.3) is 5.91 Å². The second-order valence-corrected chi connectivity index (χ2v) is 6.67. The summed E-state index contributed by atoms with van der Waals surface area (Å²) in [6.07, 6.45) is 0.637. The first-order valence-corrected chi connectivity index (χ1v) is 8.26. The predicted octanol–water partition coefficient (Wildman–Crippen LogP) is 0.0487. The van der Waals surface area contributed by atoms with Gasteiger partial charge in [0.1, 0.15) is 18.0 Å². The molecule has 1 heterocycles. The van der Waals surface area contributed by atoms with Crippen LogP contribution in [0.4, 0.5) is 10.1 Å². The van der Waals surface area contributed by atoms with Gasteiger partial charge >= 0.3 is 10.2 Å². The second kappa shape index (κ2) is 6.44. The van der Waals surface area contributed by atoms with Crippen LogP contribution < -0.4 is 14.8 Å². The van der Waals surface area contributed by atoms with Crippen LogP contribution in [0.3, 0.4) is 0 Å². The Morgan fingerprint density at radius 2 is 2.22 bits per heavy atom. The highest BCUT2D eigenvalue weighted by atomic mass is 32.2. The number of phenols is 1. The van der Waals surface area contributed by atoms with E-state index in [9.17, 15) is 22.7 Å². The topological polar surface area (TPSA) is 113 Å². The van der Waals surface area contributed by atoms with E-state index < -0.39 is 39.9 Å². The number of hydrogen-bond acceptors (Lipinski definition) is 5. The van der Waals surface area contributed by atoms with Crippen LogP contribution in [0.5, 0.6) is 5.75 Å². The Bertz CT molecular complexity index is 798. The van der Waals surface area contributed by atoms with Gasteiger partial charge in [-0.1, -0.05) is 18.8 Å². The summed E-state index contributed by atoms with van der Waals surface area (Å²) >= 11 is 0. The molecule has 1 aromatic carbocycles. The molecule has 0 spiro atoms. The van der Waals surface area contributed by atoms with Crippen molar-refractivity contribution in [2.75, 3.05) is 17.4 Å². The van der Waals surface area contributed by atoms with Gasteiger partial charge in [-0.05, 0) is 25.1 Å². The van der Waals surface area contributed by atoms with Gasteiger partial charge in [0.2, 0.25) is 0 Å². The summed E-state index contributed by atoms with van der Waals surface area (Å²) in [5.41, 5.74) is 4.74. The molecule has 1 aliphatic rings. The Labute approximate surface area is 133 Å². The maximum absolute atomic E-state index is 14.6. The molecule has 124 valence electrons. The Morgan fingerprint density at radius 3 is 2.78 bits per heavy atom. The number of phenolic OH excluding ortho intramolecular Hbond substituents is 1. The van der Waals surface area contributed by atoms with Crippen LogP contribution in [0, 0.1) is 23.6 Å². The fourth-order valence-corrected chi connectivity index (χ4v) is 3.22. The second-order valence-electron chi connectivity index (χ2n) is 5.08. The van der Waals surface area contributed by atoms with Gasteiger partial charge in [-0.25, -0.2) is 13.4 Å². The maximum Gasteiger partial charge on any atom is 0.326 e. The first kappa shape index (κ1) is 17.1. The average Bonchev–Trinajstić information content (AvgIpc) is 2.71. The molecule has 1 amide bonds. The van der Waals surface area contributed by atoms with E-state index in [1.54, 1.807) is 4.72 Å². The van der Waals surface area contributed by atoms with Crippen molar-refractivity contribution in [1.82, 2.24) is 4.72 Å². The van der Waals surface area contributed by atoms with Crippen molar-refractivity contribution in [2.24, 2.45) is 11.7 Å². The zero-order valence-electron chi connectivity index (χ0n) is 12.3. The molecular weight excluding hydrogens is 325 g/mol. The molecule has 0 aliphatic carbocycles. The lowest BCUT2D eigenvalue weighted by atomic mass is 10.1. The first-order chi connectivity index (χ1) is 10.8. The Hall–Kier alpha value is -2.31. The van der Waals surface area contributed by atoms with E-state index in [1.165, 1.54) is 6.07 Å². The third kappa shape index (κ3) is 3.55. The SMILES string of the molecule is CC(C#Cc1ccc(O)c(N2CC(=O)NS2(=O)=O)c1F)CCN. The summed E-state index contributed by atoms with van der Waals surface area (Å²) in [5, 5.41) is 9.81. The third-order valence-electron chi connectivity index (χ3n) is 3.22. The van der Waals surface area contributed by atoms with E-state index in [-0.39, 0.29) is 11.5 Å². The number of halogens is 1. The smallest absolute Gasteiger partial charge is 0.326 e. The molecule has 1 aromatic rings. The van der Waals surface area contributed by atoms with Crippen molar-refractivity contribution in [2.45, 2.75) is 13.3 Å². The summed E-state index contributed by atoms with van der Waals surface area (Å²) in [5.74, 6) is 2.95. The molecule has 0 aromatic heterocycles. The molecule has 1 atom stereocenters. The molecule has 7 nitrogen and oxygen atoms in total. The highest BCUT2D eigenvalue weighted by Gasteiger charge is 2.37. The predicted molar refractivity (Wildman–Crippen MR) is 82.2 cm³/mol. The lowest BCUT2D eigenvalue weighted by molar-refractivity contribution is -0.117. The largest absolute Gasteiger partial charge is 0.506 e. The number of carbonyl (C=O) groups excluding carboxylic acids is 1. The van der Waals surface area contributed by atoms with E-state index in [2.05, 4.69) is 11.8 Å². The molecule has 1 saturated heterocycles. The molecule has 23 heavy (non-hydrogen) atoms. The lowest BCUT2D eigenvalue weighted by Crippen LogP contribution is -2.30. The van der Waals surface area contributed by atoms with Crippen molar-refractivity contribution >= 4 is 21.8 Å². The number of carbonyl (C=O) groups is 1. The Morgan fingerprint density at radius 1 is 1.52 bits per heavy atom. The summed E-state index contributed by atoms with van der Waals surface area (Å²) < 4.78 is 40.4. The van der Waals surface area contributed by atoms with Crippen molar-refractivity contribution in [3.63, 3.8) is 0 Å².